The van der Waals surface area contributed by atoms with Gasteiger partial charge in [-0.3, -0.25) is 14.7 Å². The van der Waals surface area contributed by atoms with E-state index in [0.717, 1.165) is 50.2 Å². The lowest BCUT2D eigenvalue weighted by Gasteiger charge is -2.31. The van der Waals surface area contributed by atoms with Crippen molar-refractivity contribution in [3.05, 3.63) is 41.5 Å². The first-order chi connectivity index (χ1) is 15.2. The molecular formula is C24H31N5O2. The quantitative estimate of drug-likeness (QED) is 0.756. The summed E-state index contributed by atoms with van der Waals surface area (Å²) in [5, 5.41) is 10.5. The molecule has 7 nitrogen and oxygen atoms in total. The van der Waals surface area contributed by atoms with E-state index in [4.69, 9.17) is 4.98 Å². The Bertz CT molecular complexity index is 937. The first-order valence-corrected chi connectivity index (χ1v) is 11.8. The van der Waals surface area contributed by atoms with Gasteiger partial charge in [0.05, 0.1) is 0 Å². The number of carbonyl (C=O) groups is 2. The minimum atomic E-state index is 0.0310. The molecule has 0 unspecified atom stereocenters. The Balaban J connectivity index is 1.17. The van der Waals surface area contributed by atoms with Gasteiger partial charge >= 0.3 is 0 Å². The number of hydrogen-bond donors (Lipinski definition) is 2. The van der Waals surface area contributed by atoms with Crippen LogP contribution in [-0.4, -0.2) is 45.0 Å². The number of aromatic nitrogens is 3. The third-order valence-electron chi connectivity index (χ3n) is 6.98. The predicted molar refractivity (Wildman–Crippen MR) is 118 cm³/mol. The van der Waals surface area contributed by atoms with E-state index < -0.39 is 0 Å². The number of piperidine rings is 1. The smallest absolute Gasteiger partial charge is 0.253 e. The highest BCUT2D eigenvalue weighted by atomic mass is 16.2. The van der Waals surface area contributed by atoms with Crippen molar-refractivity contribution in [1.82, 2.24) is 20.1 Å². The molecule has 2 heterocycles. The van der Waals surface area contributed by atoms with Crippen molar-refractivity contribution < 1.29 is 9.59 Å². The zero-order valence-corrected chi connectivity index (χ0v) is 18.0. The molecule has 1 aromatic heterocycles. The monoisotopic (exact) mass is 421 g/mol. The summed E-state index contributed by atoms with van der Waals surface area (Å²) >= 11 is 0. The third kappa shape index (κ3) is 4.65. The maximum Gasteiger partial charge on any atom is 0.253 e. The van der Waals surface area contributed by atoms with Crippen LogP contribution in [0.25, 0.3) is 0 Å². The zero-order valence-electron chi connectivity index (χ0n) is 18.0. The fraction of sp³-hybridized carbons (Fsp3) is 0.583. The van der Waals surface area contributed by atoms with Gasteiger partial charge in [0.15, 0.2) is 5.82 Å². The third-order valence-corrected chi connectivity index (χ3v) is 6.98. The van der Waals surface area contributed by atoms with Crippen molar-refractivity contribution in [2.24, 2.45) is 5.92 Å². The minimum Gasteiger partial charge on any atom is -0.339 e. The number of hydrogen-bond acceptors (Lipinski definition) is 4. The molecule has 0 radical (unpaired) electrons. The highest BCUT2D eigenvalue weighted by Gasteiger charge is 2.31. The number of rotatable bonds is 5. The van der Waals surface area contributed by atoms with E-state index in [-0.39, 0.29) is 17.7 Å². The molecule has 2 saturated carbocycles. The minimum absolute atomic E-state index is 0.0310. The number of aromatic amines is 1. The van der Waals surface area contributed by atoms with Crippen LogP contribution in [0.15, 0.2) is 24.3 Å². The van der Waals surface area contributed by atoms with E-state index in [0.29, 0.717) is 36.2 Å². The number of benzene rings is 1. The number of nitrogens with one attached hydrogen (secondary N) is 2. The van der Waals surface area contributed by atoms with Crippen LogP contribution in [0.4, 0.5) is 5.69 Å². The second-order valence-corrected chi connectivity index (χ2v) is 9.32. The van der Waals surface area contributed by atoms with Crippen molar-refractivity contribution in [3.63, 3.8) is 0 Å². The second-order valence-electron chi connectivity index (χ2n) is 9.32. The fourth-order valence-electron chi connectivity index (χ4n) is 4.87. The Labute approximate surface area is 183 Å². The van der Waals surface area contributed by atoms with Gasteiger partial charge in [0.1, 0.15) is 5.82 Å². The van der Waals surface area contributed by atoms with Crippen molar-refractivity contribution in [3.8, 4) is 0 Å². The SMILES string of the molecule is O=C(Nc1cccc(C(=O)N2CCC(c3nc(C4CC4)n[nH]3)CC2)c1)C1CCCCC1. The molecule has 2 aromatic rings. The molecule has 1 aliphatic heterocycles. The molecule has 7 heteroatoms. The molecule has 0 atom stereocenters. The molecule has 3 fully saturated rings. The summed E-state index contributed by atoms with van der Waals surface area (Å²) in [6.45, 7) is 1.42. The molecule has 2 amide bonds. The summed E-state index contributed by atoms with van der Waals surface area (Å²) in [6, 6.07) is 7.37. The molecule has 1 aromatic carbocycles. The molecule has 164 valence electrons. The Kier molecular flexibility index (Phi) is 5.74. The molecular weight excluding hydrogens is 390 g/mol. The lowest BCUT2D eigenvalue weighted by atomic mass is 9.88. The Morgan fingerprint density at radius 1 is 0.968 bits per heavy atom. The Hall–Kier alpha value is -2.70. The second kappa shape index (κ2) is 8.81. The fourth-order valence-corrected chi connectivity index (χ4v) is 4.87. The number of carbonyl (C=O) groups excluding carboxylic acids is 2. The average molecular weight is 422 g/mol. The number of likely N-dealkylation sites (tertiary alicyclic amines) is 1. The van der Waals surface area contributed by atoms with Gasteiger partial charge in [-0.15, -0.1) is 0 Å². The van der Waals surface area contributed by atoms with Crippen molar-refractivity contribution in [2.75, 3.05) is 18.4 Å². The topological polar surface area (TPSA) is 91.0 Å². The summed E-state index contributed by atoms with van der Waals surface area (Å²) in [7, 11) is 0. The van der Waals surface area contributed by atoms with Crippen LogP contribution in [0, 0.1) is 5.92 Å². The van der Waals surface area contributed by atoms with Crippen molar-refractivity contribution in [2.45, 2.75) is 69.6 Å². The molecule has 0 bridgehead atoms. The van der Waals surface area contributed by atoms with Gasteiger partial charge in [0, 0.05) is 42.1 Å². The van der Waals surface area contributed by atoms with E-state index in [1.165, 1.54) is 19.3 Å². The van der Waals surface area contributed by atoms with E-state index >= 15 is 0 Å². The Morgan fingerprint density at radius 2 is 1.74 bits per heavy atom. The first-order valence-electron chi connectivity index (χ1n) is 11.8. The first kappa shape index (κ1) is 20.2. The van der Waals surface area contributed by atoms with E-state index in [1.807, 2.05) is 29.2 Å². The van der Waals surface area contributed by atoms with Crippen LogP contribution >= 0.6 is 0 Å². The maximum absolute atomic E-state index is 13.1. The summed E-state index contributed by atoms with van der Waals surface area (Å²) in [5.41, 5.74) is 1.35. The molecule has 5 rings (SSSR count). The molecule has 3 aliphatic rings. The van der Waals surface area contributed by atoms with Crippen LogP contribution in [-0.2, 0) is 4.79 Å². The average Bonchev–Trinajstić information content (AvgIpc) is 3.56. The van der Waals surface area contributed by atoms with E-state index in [9.17, 15) is 9.59 Å². The highest BCUT2D eigenvalue weighted by Crippen LogP contribution is 2.38. The molecule has 2 aliphatic carbocycles. The van der Waals surface area contributed by atoms with Gasteiger partial charge in [-0.25, -0.2) is 4.98 Å². The standard InChI is InChI=1S/C24H31N5O2/c30-23(18-5-2-1-3-6-18)25-20-8-4-7-19(15-20)24(31)29-13-11-17(12-14-29)22-26-21(27-28-22)16-9-10-16/h4,7-8,15-18H,1-3,5-6,9-14H2,(H,25,30)(H,26,27,28). The van der Waals surface area contributed by atoms with Gasteiger partial charge in [-0.2, -0.15) is 5.10 Å². The van der Waals surface area contributed by atoms with Crippen molar-refractivity contribution >= 4 is 17.5 Å². The predicted octanol–water partition coefficient (Wildman–Crippen LogP) is 4.22. The van der Waals surface area contributed by atoms with Crippen molar-refractivity contribution in [1.29, 1.82) is 0 Å². The summed E-state index contributed by atoms with van der Waals surface area (Å²) in [6.07, 6.45) is 9.59. The lowest BCUT2D eigenvalue weighted by molar-refractivity contribution is -0.120. The van der Waals surface area contributed by atoms with Crippen LogP contribution in [0.2, 0.25) is 0 Å². The highest BCUT2D eigenvalue weighted by molar-refractivity contribution is 5.97. The number of H-pyrrole nitrogens is 1. The van der Waals surface area contributed by atoms with Crippen LogP contribution < -0.4 is 5.32 Å². The normalized spacial score (nSPS) is 20.6. The Morgan fingerprint density at radius 3 is 2.48 bits per heavy atom. The molecule has 1 saturated heterocycles. The van der Waals surface area contributed by atoms with Gasteiger partial charge in [0.25, 0.3) is 5.91 Å². The van der Waals surface area contributed by atoms with Gasteiger partial charge in [-0.1, -0.05) is 25.3 Å². The molecule has 31 heavy (non-hydrogen) atoms. The number of anilines is 1. The number of nitrogens with zero attached hydrogens (tertiary/aromatic N) is 3. The van der Waals surface area contributed by atoms with Crippen LogP contribution in [0.5, 0.6) is 0 Å². The molecule has 2 N–H and O–H groups in total. The summed E-state index contributed by atoms with van der Waals surface area (Å²) < 4.78 is 0. The van der Waals surface area contributed by atoms with Crippen LogP contribution in [0.3, 0.4) is 0 Å². The largest absolute Gasteiger partial charge is 0.339 e. The summed E-state index contributed by atoms with van der Waals surface area (Å²) in [5.74, 6) is 3.04. The van der Waals surface area contributed by atoms with Crippen LogP contribution in [0.1, 0.15) is 91.6 Å². The van der Waals surface area contributed by atoms with Gasteiger partial charge in [-0.05, 0) is 56.7 Å². The van der Waals surface area contributed by atoms with E-state index in [2.05, 4.69) is 15.5 Å². The zero-order chi connectivity index (χ0) is 21.2. The van der Waals surface area contributed by atoms with Gasteiger partial charge < -0.3 is 10.2 Å². The lowest BCUT2D eigenvalue weighted by Crippen LogP contribution is -2.38. The molecule has 0 spiro atoms. The summed E-state index contributed by atoms with van der Waals surface area (Å²) in [4.78, 5) is 32.2. The van der Waals surface area contributed by atoms with E-state index in [1.54, 1.807) is 0 Å². The number of amides is 2. The van der Waals surface area contributed by atoms with Gasteiger partial charge in [0.2, 0.25) is 5.91 Å². The maximum atomic E-state index is 13.1.